The summed E-state index contributed by atoms with van der Waals surface area (Å²) >= 11 is 0. The van der Waals surface area contributed by atoms with Crippen molar-refractivity contribution in [1.29, 1.82) is 0 Å². The number of rotatable bonds is 2. The quantitative estimate of drug-likeness (QED) is 0.469. The molecule has 5 rings (SSSR count). The fourth-order valence-corrected chi connectivity index (χ4v) is 4.34. The van der Waals surface area contributed by atoms with E-state index in [0.717, 1.165) is 29.0 Å². The maximum Gasteiger partial charge on any atom is 0.145 e. The number of hydrogen-bond donors (Lipinski definition) is 1. The highest BCUT2D eigenvalue weighted by atomic mass is 15.3. The number of hydrogen-bond acceptors (Lipinski definition) is 2. The van der Waals surface area contributed by atoms with E-state index in [0.29, 0.717) is 0 Å². The Morgan fingerprint density at radius 2 is 1.68 bits per heavy atom. The molecule has 1 aromatic heterocycles. The van der Waals surface area contributed by atoms with Crippen LogP contribution in [-0.4, -0.2) is 9.55 Å². The summed E-state index contributed by atoms with van der Waals surface area (Å²) in [5, 5.41) is 3.82. The summed E-state index contributed by atoms with van der Waals surface area (Å²) in [5.74, 6) is 1.02. The maximum absolute atomic E-state index is 5.07. The fourth-order valence-electron chi connectivity index (χ4n) is 4.34. The number of nitrogens with one attached hydrogen (secondary N) is 1. The van der Waals surface area contributed by atoms with Crippen LogP contribution < -0.4 is 5.32 Å². The molecular formula is C25H25N3. The van der Waals surface area contributed by atoms with E-state index in [1.807, 2.05) is 0 Å². The second kappa shape index (κ2) is 5.96. The molecule has 0 saturated heterocycles. The van der Waals surface area contributed by atoms with Crippen molar-refractivity contribution in [2.24, 2.45) is 0 Å². The first kappa shape index (κ1) is 17.1. The SMILES string of the molecule is CCc1ccc(C2(C)Nc3ccccc3-c3nc4cc(C)c(C)cc4n32)cc1. The van der Waals surface area contributed by atoms with Crippen LogP contribution in [0.2, 0.25) is 0 Å². The van der Waals surface area contributed by atoms with E-state index in [2.05, 4.69) is 98.2 Å². The van der Waals surface area contributed by atoms with Crippen molar-refractivity contribution >= 4 is 16.7 Å². The molecule has 1 aliphatic heterocycles. The van der Waals surface area contributed by atoms with E-state index in [1.54, 1.807) is 0 Å². The van der Waals surface area contributed by atoms with Crippen molar-refractivity contribution < 1.29 is 0 Å². The van der Waals surface area contributed by atoms with Crippen molar-refractivity contribution in [3.63, 3.8) is 0 Å². The molecule has 0 spiro atoms. The molecular weight excluding hydrogens is 342 g/mol. The van der Waals surface area contributed by atoms with Crippen LogP contribution in [0.1, 0.15) is 36.1 Å². The van der Waals surface area contributed by atoms with Crippen LogP contribution in [0.5, 0.6) is 0 Å². The van der Waals surface area contributed by atoms with Gasteiger partial charge in [-0.1, -0.05) is 43.3 Å². The highest BCUT2D eigenvalue weighted by Crippen LogP contribution is 2.44. The van der Waals surface area contributed by atoms with Gasteiger partial charge in [0.25, 0.3) is 0 Å². The first-order chi connectivity index (χ1) is 13.5. The number of para-hydroxylation sites is 1. The van der Waals surface area contributed by atoms with Crippen molar-refractivity contribution in [1.82, 2.24) is 9.55 Å². The van der Waals surface area contributed by atoms with Crippen molar-refractivity contribution in [2.75, 3.05) is 5.32 Å². The first-order valence-electron chi connectivity index (χ1n) is 9.98. The van der Waals surface area contributed by atoms with Gasteiger partial charge in [-0.3, -0.25) is 4.57 Å². The summed E-state index contributed by atoms with van der Waals surface area (Å²) in [6.07, 6.45) is 1.05. The van der Waals surface area contributed by atoms with E-state index in [1.165, 1.54) is 27.8 Å². The molecule has 1 N–H and O–H groups in total. The molecule has 1 unspecified atom stereocenters. The maximum atomic E-state index is 5.07. The Morgan fingerprint density at radius 1 is 0.964 bits per heavy atom. The third kappa shape index (κ3) is 2.32. The molecule has 140 valence electrons. The van der Waals surface area contributed by atoms with E-state index in [9.17, 15) is 0 Å². The van der Waals surface area contributed by atoms with E-state index >= 15 is 0 Å². The van der Waals surface area contributed by atoms with Crippen molar-refractivity contribution in [2.45, 2.75) is 39.8 Å². The van der Waals surface area contributed by atoms with Gasteiger partial charge in [-0.15, -0.1) is 0 Å². The van der Waals surface area contributed by atoms with E-state index in [-0.39, 0.29) is 0 Å². The molecule has 3 heteroatoms. The smallest absolute Gasteiger partial charge is 0.145 e. The molecule has 0 radical (unpaired) electrons. The third-order valence-electron chi connectivity index (χ3n) is 6.19. The van der Waals surface area contributed by atoms with Gasteiger partial charge < -0.3 is 5.32 Å². The Hall–Kier alpha value is -3.07. The molecule has 3 aromatic carbocycles. The van der Waals surface area contributed by atoms with Gasteiger partial charge in [0.15, 0.2) is 0 Å². The second-order valence-corrected chi connectivity index (χ2v) is 7.99. The lowest BCUT2D eigenvalue weighted by atomic mass is 9.94. The third-order valence-corrected chi connectivity index (χ3v) is 6.19. The van der Waals surface area contributed by atoms with Gasteiger partial charge in [0.05, 0.1) is 11.0 Å². The Bertz CT molecular complexity index is 1200. The molecule has 0 amide bonds. The number of nitrogens with zero attached hydrogens (tertiary/aromatic N) is 2. The number of anilines is 1. The second-order valence-electron chi connectivity index (χ2n) is 7.99. The Labute approximate surface area is 166 Å². The Morgan fingerprint density at radius 3 is 2.43 bits per heavy atom. The molecule has 3 nitrogen and oxygen atoms in total. The van der Waals surface area contributed by atoms with Gasteiger partial charge in [0.1, 0.15) is 11.5 Å². The summed E-state index contributed by atoms with van der Waals surface area (Å²) in [6, 6.07) is 21.9. The van der Waals surface area contributed by atoms with Crippen molar-refractivity contribution in [3.05, 3.63) is 82.9 Å². The zero-order valence-electron chi connectivity index (χ0n) is 16.9. The summed E-state index contributed by atoms with van der Waals surface area (Å²) < 4.78 is 2.37. The predicted molar refractivity (Wildman–Crippen MR) is 117 cm³/mol. The molecule has 1 aliphatic rings. The van der Waals surface area contributed by atoms with E-state index < -0.39 is 5.66 Å². The van der Waals surface area contributed by atoms with Crippen LogP contribution in [0.4, 0.5) is 5.69 Å². The largest absolute Gasteiger partial charge is 0.358 e. The normalized spacial score (nSPS) is 17.9. The van der Waals surface area contributed by atoms with Gasteiger partial charge in [-0.2, -0.15) is 0 Å². The molecule has 0 saturated carbocycles. The van der Waals surface area contributed by atoms with Gasteiger partial charge in [0, 0.05) is 11.3 Å². The lowest BCUT2D eigenvalue weighted by Gasteiger charge is -2.40. The molecule has 4 aromatic rings. The molecule has 0 fully saturated rings. The lowest BCUT2D eigenvalue weighted by Crippen LogP contribution is -2.42. The highest BCUT2D eigenvalue weighted by molar-refractivity contribution is 5.88. The minimum absolute atomic E-state index is 0.410. The van der Waals surface area contributed by atoms with Crippen LogP contribution in [0.25, 0.3) is 22.4 Å². The Kier molecular flexibility index (Phi) is 3.63. The summed E-state index contributed by atoms with van der Waals surface area (Å²) in [5.41, 5.74) is 9.24. The first-order valence-corrected chi connectivity index (χ1v) is 9.98. The molecule has 0 bridgehead atoms. The molecule has 28 heavy (non-hydrogen) atoms. The number of fused-ring (bicyclic) bond motifs is 5. The van der Waals surface area contributed by atoms with Crippen LogP contribution in [-0.2, 0) is 12.1 Å². The van der Waals surface area contributed by atoms with Crippen LogP contribution >= 0.6 is 0 Å². The Balaban J connectivity index is 1.85. The number of aryl methyl sites for hydroxylation is 3. The predicted octanol–water partition coefficient (Wildman–Crippen LogP) is 6.03. The molecule has 0 aliphatic carbocycles. The number of benzene rings is 3. The van der Waals surface area contributed by atoms with Crippen LogP contribution in [0.15, 0.2) is 60.7 Å². The van der Waals surface area contributed by atoms with Gasteiger partial charge in [0.2, 0.25) is 0 Å². The monoisotopic (exact) mass is 367 g/mol. The topological polar surface area (TPSA) is 29.9 Å². The standard InChI is InChI=1S/C25H25N3/c1-5-18-10-12-19(13-11-18)25(4)27-21-9-7-6-8-20(21)24-26-22-14-16(2)17(3)15-23(22)28(24)25/h6-15,27H,5H2,1-4H3. The average Bonchev–Trinajstić information content (AvgIpc) is 3.08. The van der Waals surface area contributed by atoms with Gasteiger partial charge in [-0.25, -0.2) is 4.98 Å². The molecule has 2 heterocycles. The lowest BCUT2D eigenvalue weighted by molar-refractivity contribution is 0.463. The zero-order valence-corrected chi connectivity index (χ0v) is 16.9. The van der Waals surface area contributed by atoms with Gasteiger partial charge >= 0.3 is 0 Å². The minimum Gasteiger partial charge on any atom is -0.358 e. The van der Waals surface area contributed by atoms with Gasteiger partial charge in [-0.05, 0) is 73.7 Å². The average molecular weight is 367 g/mol. The van der Waals surface area contributed by atoms with Crippen LogP contribution in [0.3, 0.4) is 0 Å². The number of imidazole rings is 1. The molecule has 1 atom stereocenters. The van der Waals surface area contributed by atoms with Crippen LogP contribution in [0, 0.1) is 13.8 Å². The zero-order chi connectivity index (χ0) is 19.5. The summed E-state index contributed by atoms with van der Waals surface area (Å²) in [6.45, 7) is 8.77. The minimum atomic E-state index is -0.410. The number of aromatic nitrogens is 2. The summed E-state index contributed by atoms with van der Waals surface area (Å²) in [7, 11) is 0. The summed E-state index contributed by atoms with van der Waals surface area (Å²) in [4.78, 5) is 5.07. The fraction of sp³-hybridized carbons (Fsp3) is 0.240. The van der Waals surface area contributed by atoms with Crippen molar-refractivity contribution in [3.8, 4) is 11.4 Å². The highest BCUT2D eigenvalue weighted by Gasteiger charge is 2.37. The van der Waals surface area contributed by atoms with E-state index in [4.69, 9.17) is 4.98 Å².